The molecule has 0 aliphatic heterocycles. The minimum Gasteiger partial charge on any atom is -0.496 e. The van der Waals surface area contributed by atoms with E-state index in [1.54, 1.807) is 19.2 Å². The Morgan fingerprint density at radius 3 is 2.54 bits per heavy atom. The largest absolute Gasteiger partial charge is 0.496 e. The van der Waals surface area contributed by atoms with Gasteiger partial charge < -0.3 is 9.64 Å². The Morgan fingerprint density at radius 1 is 1.38 bits per heavy atom. The van der Waals surface area contributed by atoms with Gasteiger partial charge in [0.15, 0.2) is 5.69 Å². The van der Waals surface area contributed by atoms with Gasteiger partial charge in [0.2, 0.25) is 0 Å². The first-order valence-corrected chi connectivity index (χ1v) is 3.92. The Kier molecular flexibility index (Phi) is 2.76. The molecule has 0 aliphatic carbocycles. The fraction of sp³-hybridized carbons (Fsp3) is 0.300. The van der Waals surface area contributed by atoms with Gasteiger partial charge in [-0.1, -0.05) is 6.07 Å². The predicted octanol–water partition coefficient (Wildman–Crippen LogP) is 2.31. The van der Waals surface area contributed by atoms with E-state index in [2.05, 4.69) is 4.85 Å². The SMILES string of the molecule is [C-]#[N+]c1ccc(N(C)C)c(OC)c1. The number of rotatable bonds is 2. The van der Waals surface area contributed by atoms with Crippen molar-refractivity contribution >= 4 is 11.4 Å². The smallest absolute Gasteiger partial charge is 0.191 e. The highest BCUT2D eigenvalue weighted by molar-refractivity contribution is 5.64. The van der Waals surface area contributed by atoms with Crippen LogP contribution in [0.15, 0.2) is 18.2 Å². The van der Waals surface area contributed by atoms with Gasteiger partial charge in [0.1, 0.15) is 5.75 Å². The lowest BCUT2D eigenvalue weighted by atomic mass is 10.2. The lowest BCUT2D eigenvalue weighted by Gasteiger charge is -2.16. The Hall–Kier alpha value is -1.69. The van der Waals surface area contributed by atoms with Crippen LogP contribution in [0.3, 0.4) is 0 Å². The number of hydrogen-bond donors (Lipinski definition) is 0. The van der Waals surface area contributed by atoms with Crippen LogP contribution in [0.25, 0.3) is 4.85 Å². The second kappa shape index (κ2) is 3.81. The molecule has 1 aromatic rings. The maximum Gasteiger partial charge on any atom is 0.191 e. The Bertz CT molecular complexity index is 339. The molecule has 1 rings (SSSR count). The van der Waals surface area contributed by atoms with Gasteiger partial charge in [0.25, 0.3) is 0 Å². The summed E-state index contributed by atoms with van der Waals surface area (Å²) in [5.74, 6) is 0.735. The minimum atomic E-state index is 0.599. The van der Waals surface area contributed by atoms with Crippen LogP contribution in [0.5, 0.6) is 5.75 Å². The number of methoxy groups -OCH3 is 1. The fourth-order valence-electron chi connectivity index (χ4n) is 1.11. The molecule has 0 atom stereocenters. The quantitative estimate of drug-likeness (QED) is 0.643. The molecule has 13 heavy (non-hydrogen) atoms. The van der Waals surface area contributed by atoms with Gasteiger partial charge in [0.05, 0.1) is 19.4 Å². The summed E-state index contributed by atoms with van der Waals surface area (Å²) in [5, 5.41) is 0. The van der Waals surface area contributed by atoms with Crippen LogP contribution in [0.2, 0.25) is 0 Å². The lowest BCUT2D eigenvalue weighted by molar-refractivity contribution is 0.415. The second-order valence-corrected chi connectivity index (χ2v) is 2.86. The Balaban J connectivity index is 3.17. The summed E-state index contributed by atoms with van der Waals surface area (Å²) in [6, 6.07) is 5.40. The summed E-state index contributed by atoms with van der Waals surface area (Å²) in [6.45, 7) is 6.85. The normalized spacial score (nSPS) is 9.08. The Labute approximate surface area is 78.4 Å². The maximum atomic E-state index is 6.85. The van der Waals surface area contributed by atoms with Gasteiger partial charge in [-0.05, 0) is 12.1 Å². The van der Waals surface area contributed by atoms with Crippen molar-refractivity contribution in [1.82, 2.24) is 0 Å². The summed E-state index contributed by atoms with van der Waals surface area (Å²) in [7, 11) is 5.49. The van der Waals surface area contributed by atoms with Crippen LogP contribution in [0, 0.1) is 6.57 Å². The van der Waals surface area contributed by atoms with Gasteiger partial charge in [-0.2, -0.15) is 0 Å². The van der Waals surface area contributed by atoms with Crippen molar-refractivity contribution in [3.8, 4) is 5.75 Å². The number of nitrogens with zero attached hydrogens (tertiary/aromatic N) is 2. The average Bonchev–Trinajstić information content (AvgIpc) is 2.16. The molecule has 0 heterocycles. The summed E-state index contributed by atoms with van der Waals surface area (Å²) in [6.07, 6.45) is 0. The Morgan fingerprint density at radius 2 is 2.08 bits per heavy atom. The van der Waals surface area contributed by atoms with Crippen molar-refractivity contribution in [2.24, 2.45) is 0 Å². The molecule has 0 N–H and O–H groups in total. The predicted molar refractivity (Wildman–Crippen MR) is 53.6 cm³/mol. The molecule has 0 radical (unpaired) electrons. The van der Waals surface area contributed by atoms with E-state index in [9.17, 15) is 0 Å². The van der Waals surface area contributed by atoms with Crippen LogP contribution >= 0.6 is 0 Å². The van der Waals surface area contributed by atoms with Crippen LogP contribution in [0.1, 0.15) is 0 Å². The van der Waals surface area contributed by atoms with Gasteiger partial charge in [-0.25, -0.2) is 4.85 Å². The van der Waals surface area contributed by atoms with E-state index in [1.807, 2.05) is 25.1 Å². The maximum absolute atomic E-state index is 6.85. The minimum absolute atomic E-state index is 0.599. The summed E-state index contributed by atoms with van der Waals surface area (Å²) in [4.78, 5) is 5.28. The van der Waals surface area contributed by atoms with Gasteiger partial charge >= 0.3 is 0 Å². The van der Waals surface area contributed by atoms with Crippen molar-refractivity contribution in [3.63, 3.8) is 0 Å². The molecule has 0 aromatic heterocycles. The number of hydrogen-bond acceptors (Lipinski definition) is 2. The molecule has 0 saturated carbocycles. The molecule has 3 heteroatoms. The van der Waals surface area contributed by atoms with E-state index >= 15 is 0 Å². The van der Waals surface area contributed by atoms with Crippen molar-refractivity contribution in [3.05, 3.63) is 29.6 Å². The molecular weight excluding hydrogens is 164 g/mol. The summed E-state index contributed by atoms with van der Waals surface area (Å²) >= 11 is 0. The standard InChI is InChI=1S/C10H12N2O/c1-11-8-5-6-9(12(2)3)10(7-8)13-4/h5-7H,2-4H3. The van der Waals surface area contributed by atoms with E-state index in [4.69, 9.17) is 11.3 Å². The monoisotopic (exact) mass is 176 g/mol. The first-order valence-electron chi connectivity index (χ1n) is 3.92. The molecule has 0 aliphatic rings. The van der Waals surface area contributed by atoms with Crippen molar-refractivity contribution in [2.75, 3.05) is 26.1 Å². The van der Waals surface area contributed by atoms with Crippen molar-refractivity contribution < 1.29 is 4.74 Å². The molecule has 0 bridgehead atoms. The van der Waals surface area contributed by atoms with Crippen LogP contribution in [-0.2, 0) is 0 Å². The summed E-state index contributed by atoms with van der Waals surface area (Å²) in [5.41, 5.74) is 1.58. The third kappa shape index (κ3) is 1.91. The van der Waals surface area contributed by atoms with Gasteiger partial charge in [0, 0.05) is 14.1 Å². The van der Waals surface area contributed by atoms with Crippen LogP contribution in [0.4, 0.5) is 11.4 Å². The first kappa shape index (κ1) is 9.40. The highest BCUT2D eigenvalue weighted by Crippen LogP contribution is 2.30. The highest BCUT2D eigenvalue weighted by atomic mass is 16.5. The fourth-order valence-corrected chi connectivity index (χ4v) is 1.11. The average molecular weight is 176 g/mol. The molecule has 0 unspecified atom stereocenters. The number of anilines is 1. The molecule has 68 valence electrons. The molecule has 0 spiro atoms. The molecule has 0 amide bonds. The zero-order chi connectivity index (χ0) is 9.84. The first-order chi connectivity index (χ1) is 6.19. The molecular formula is C10H12N2O. The van der Waals surface area contributed by atoms with E-state index in [0.717, 1.165) is 11.4 Å². The third-order valence-electron chi connectivity index (χ3n) is 1.77. The topological polar surface area (TPSA) is 16.8 Å². The molecule has 0 fully saturated rings. The lowest BCUT2D eigenvalue weighted by Crippen LogP contribution is -2.09. The molecule has 3 nitrogen and oxygen atoms in total. The highest BCUT2D eigenvalue weighted by Gasteiger charge is 2.04. The van der Waals surface area contributed by atoms with E-state index in [1.165, 1.54) is 0 Å². The third-order valence-corrected chi connectivity index (χ3v) is 1.77. The summed E-state index contributed by atoms with van der Waals surface area (Å²) < 4.78 is 5.16. The van der Waals surface area contributed by atoms with Gasteiger partial charge in [-0.3, -0.25) is 0 Å². The molecule has 0 saturated heterocycles. The van der Waals surface area contributed by atoms with Crippen molar-refractivity contribution in [1.29, 1.82) is 0 Å². The van der Waals surface area contributed by atoms with E-state index in [-0.39, 0.29) is 0 Å². The van der Waals surface area contributed by atoms with Crippen molar-refractivity contribution in [2.45, 2.75) is 0 Å². The number of benzene rings is 1. The van der Waals surface area contributed by atoms with Crippen LogP contribution < -0.4 is 9.64 Å². The van der Waals surface area contributed by atoms with E-state index in [0.29, 0.717) is 5.69 Å². The van der Waals surface area contributed by atoms with E-state index < -0.39 is 0 Å². The zero-order valence-corrected chi connectivity index (χ0v) is 8.03. The van der Waals surface area contributed by atoms with Gasteiger partial charge in [-0.15, -0.1) is 0 Å². The second-order valence-electron chi connectivity index (χ2n) is 2.86. The molecule has 1 aromatic carbocycles. The number of ether oxygens (including phenoxy) is 1. The zero-order valence-electron chi connectivity index (χ0n) is 8.03. The van der Waals surface area contributed by atoms with Crippen LogP contribution in [-0.4, -0.2) is 21.2 Å².